The van der Waals surface area contributed by atoms with Crippen LogP contribution in [0.1, 0.15) is 45.1 Å². The third-order valence-corrected chi connectivity index (χ3v) is 3.60. The molecule has 1 N–H and O–H groups in total. The fraction of sp³-hybridized carbons (Fsp3) is 0.625. The van der Waals surface area contributed by atoms with Gasteiger partial charge in [-0.05, 0) is 36.5 Å². The highest BCUT2D eigenvalue weighted by Gasteiger charge is 2.12. The van der Waals surface area contributed by atoms with E-state index in [1.165, 1.54) is 5.56 Å². The van der Waals surface area contributed by atoms with Crippen molar-refractivity contribution in [1.82, 2.24) is 5.32 Å². The van der Waals surface area contributed by atoms with Crippen molar-refractivity contribution in [2.24, 2.45) is 0 Å². The van der Waals surface area contributed by atoms with Gasteiger partial charge >= 0.3 is 0 Å². The lowest BCUT2D eigenvalue weighted by Crippen LogP contribution is -2.28. The zero-order valence-electron chi connectivity index (χ0n) is 12.3. The van der Waals surface area contributed by atoms with Crippen molar-refractivity contribution in [3.63, 3.8) is 0 Å². The molecule has 0 amide bonds. The predicted octanol–water partition coefficient (Wildman–Crippen LogP) is 4.35. The average Bonchev–Trinajstić information content (AvgIpc) is 2.39. The van der Waals surface area contributed by atoms with Gasteiger partial charge in [0.05, 0.1) is 0 Å². The fourth-order valence-electron chi connectivity index (χ4n) is 1.97. The molecule has 1 atom stereocenters. The number of hydrogen-bond acceptors (Lipinski definition) is 2. The fourth-order valence-corrected chi connectivity index (χ4v) is 2.24. The predicted molar refractivity (Wildman–Crippen MR) is 85.7 cm³/mol. The van der Waals surface area contributed by atoms with Gasteiger partial charge in [-0.25, -0.2) is 0 Å². The van der Waals surface area contributed by atoms with Crippen LogP contribution in [-0.2, 0) is 4.74 Å². The summed E-state index contributed by atoms with van der Waals surface area (Å²) < 4.78 is 6.76. The van der Waals surface area contributed by atoms with E-state index in [1.807, 2.05) is 0 Å². The Balaban J connectivity index is 2.54. The Morgan fingerprint density at radius 3 is 2.42 bits per heavy atom. The van der Waals surface area contributed by atoms with Gasteiger partial charge < -0.3 is 10.1 Å². The second-order valence-corrected chi connectivity index (χ2v) is 6.13. The molecule has 19 heavy (non-hydrogen) atoms. The highest BCUT2D eigenvalue weighted by Crippen LogP contribution is 2.21. The molecule has 0 aliphatic rings. The van der Waals surface area contributed by atoms with E-state index in [0.29, 0.717) is 12.0 Å². The number of benzene rings is 1. The molecule has 3 heteroatoms. The van der Waals surface area contributed by atoms with E-state index in [-0.39, 0.29) is 0 Å². The quantitative estimate of drug-likeness (QED) is 0.681. The van der Waals surface area contributed by atoms with Crippen LogP contribution in [0, 0.1) is 0 Å². The SMILES string of the molecule is CCCOCCC(CNC(C)C)c1ccc(Br)cc1. The molecule has 0 aromatic heterocycles. The summed E-state index contributed by atoms with van der Waals surface area (Å²) in [7, 11) is 0. The molecule has 0 heterocycles. The van der Waals surface area contributed by atoms with Gasteiger partial charge in [-0.15, -0.1) is 0 Å². The summed E-state index contributed by atoms with van der Waals surface area (Å²) in [5.41, 5.74) is 1.39. The minimum Gasteiger partial charge on any atom is -0.381 e. The number of rotatable bonds is 9. The van der Waals surface area contributed by atoms with Gasteiger partial charge in [-0.2, -0.15) is 0 Å². The molecule has 0 radical (unpaired) electrons. The van der Waals surface area contributed by atoms with Crippen LogP contribution in [0.3, 0.4) is 0 Å². The molecule has 0 aliphatic heterocycles. The van der Waals surface area contributed by atoms with Gasteiger partial charge in [-0.3, -0.25) is 0 Å². The Labute approximate surface area is 126 Å². The molecule has 0 saturated carbocycles. The molecule has 1 aromatic rings. The third kappa shape index (κ3) is 7.09. The van der Waals surface area contributed by atoms with E-state index in [9.17, 15) is 0 Å². The Hall–Kier alpha value is -0.380. The first-order chi connectivity index (χ1) is 9.13. The smallest absolute Gasteiger partial charge is 0.0472 e. The van der Waals surface area contributed by atoms with Crippen LogP contribution < -0.4 is 5.32 Å². The Morgan fingerprint density at radius 2 is 1.84 bits per heavy atom. The van der Waals surface area contributed by atoms with Crippen LogP contribution in [0.15, 0.2) is 28.7 Å². The number of nitrogens with one attached hydrogen (secondary N) is 1. The molecule has 0 spiro atoms. The Bertz CT molecular complexity index is 337. The number of ether oxygens (including phenoxy) is 1. The van der Waals surface area contributed by atoms with Crippen LogP contribution >= 0.6 is 15.9 Å². The molecule has 0 fully saturated rings. The van der Waals surface area contributed by atoms with Crippen LogP contribution in [0.4, 0.5) is 0 Å². The zero-order chi connectivity index (χ0) is 14.1. The molecule has 0 saturated heterocycles. The van der Waals surface area contributed by atoms with Gasteiger partial charge in [0.25, 0.3) is 0 Å². The van der Waals surface area contributed by atoms with Gasteiger partial charge in [0.15, 0.2) is 0 Å². The first kappa shape index (κ1) is 16.7. The lowest BCUT2D eigenvalue weighted by Gasteiger charge is -2.20. The summed E-state index contributed by atoms with van der Waals surface area (Å²) in [4.78, 5) is 0. The van der Waals surface area contributed by atoms with Crippen LogP contribution in [0.5, 0.6) is 0 Å². The minimum atomic E-state index is 0.521. The molecule has 2 nitrogen and oxygen atoms in total. The first-order valence-electron chi connectivity index (χ1n) is 7.20. The van der Waals surface area contributed by atoms with E-state index in [2.05, 4.69) is 66.3 Å². The standard InChI is InChI=1S/C16H26BrNO/c1-4-10-19-11-9-15(12-18-13(2)3)14-5-7-16(17)8-6-14/h5-8,13,15,18H,4,9-12H2,1-3H3. The molecule has 1 unspecified atom stereocenters. The number of halogens is 1. The molecule has 0 aliphatic carbocycles. The van der Waals surface area contributed by atoms with Crippen molar-refractivity contribution in [3.05, 3.63) is 34.3 Å². The van der Waals surface area contributed by atoms with Crippen molar-refractivity contribution < 1.29 is 4.74 Å². The van der Waals surface area contributed by atoms with Gasteiger partial charge in [-0.1, -0.05) is 48.8 Å². The lowest BCUT2D eigenvalue weighted by molar-refractivity contribution is 0.127. The highest BCUT2D eigenvalue weighted by molar-refractivity contribution is 9.10. The maximum Gasteiger partial charge on any atom is 0.0472 e. The maximum absolute atomic E-state index is 5.63. The van der Waals surface area contributed by atoms with Crippen molar-refractivity contribution in [2.45, 2.75) is 45.6 Å². The van der Waals surface area contributed by atoms with Gasteiger partial charge in [0.2, 0.25) is 0 Å². The lowest BCUT2D eigenvalue weighted by atomic mass is 9.96. The monoisotopic (exact) mass is 327 g/mol. The summed E-state index contributed by atoms with van der Waals surface area (Å²) in [5, 5.41) is 3.53. The Morgan fingerprint density at radius 1 is 1.16 bits per heavy atom. The topological polar surface area (TPSA) is 21.3 Å². The minimum absolute atomic E-state index is 0.521. The molecule has 108 valence electrons. The summed E-state index contributed by atoms with van der Waals surface area (Å²) in [6.07, 6.45) is 2.16. The summed E-state index contributed by atoms with van der Waals surface area (Å²) in [6, 6.07) is 9.16. The second kappa shape index (κ2) is 9.51. The van der Waals surface area contributed by atoms with Gasteiger partial charge in [0, 0.05) is 30.3 Å². The van der Waals surface area contributed by atoms with Crippen molar-refractivity contribution in [3.8, 4) is 0 Å². The normalized spacial score (nSPS) is 12.9. The van der Waals surface area contributed by atoms with Crippen LogP contribution in [0.2, 0.25) is 0 Å². The third-order valence-electron chi connectivity index (χ3n) is 3.07. The molecule has 0 bridgehead atoms. The van der Waals surface area contributed by atoms with E-state index in [0.717, 1.165) is 37.1 Å². The van der Waals surface area contributed by atoms with Crippen molar-refractivity contribution >= 4 is 15.9 Å². The highest BCUT2D eigenvalue weighted by atomic mass is 79.9. The van der Waals surface area contributed by atoms with Crippen LogP contribution in [0.25, 0.3) is 0 Å². The summed E-state index contributed by atoms with van der Waals surface area (Å²) in [5.74, 6) is 0.521. The van der Waals surface area contributed by atoms with Crippen molar-refractivity contribution in [1.29, 1.82) is 0 Å². The number of hydrogen-bond donors (Lipinski definition) is 1. The van der Waals surface area contributed by atoms with E-state index in [1.54, 1.807) is 0 Å². The second-order valence-electron chi connectivity index (χ2n) is 5.21. The molecule has 1 rings (SSSR count). The zero-order valence-corrected chi connectivity index (χ0v) is 13.9. The summed E-state index contributed by atoms with van der Waals surface area (Å²) in [6.45, 7) is 9.23. The first-order valence-corrected chi connectivity index (χ1v) is 7.99. The average molecular weight is 328 g/mol. The molecular formula is C16H26BrNO. The van der Waals surface area contributed by atoms with Gasteiger partial charge in [0.1, 0.15) is 0 Å². The molecule has 1 aromatic carbocycles. The van der Waals surface area contributed by atoms with E-state index in [4.69, 9.17) is 4.74 Å². The molecular weight excluding hydrogens is 302 g/mol. The van der Waals surface area contributed by atoms with Crippen molar-refractivity contribution in [2.75, 3.05) is 19.8 Å². The van der Waals surface area contributed by atoms with Crippen LogP contribution in [-0.4, -0.2) is 25.8 Å². The largest absolute Gasteiger partial charge is 0.381 e. The summed E-state index contributed by atoms with van der Waals surface area (Å²) >= 11 is 3.49. The van der Waals surface area contributed by atoms with E-state index >= 15 is 0 Å². The maximum atomic E-state index is 5.63. The Kier molecular flexibility index (Phi) is 8.35. The van der Waals surface area contributed by atoms with E-state index < -0.39 is 0 Å².